The Hall–Kier alpha value is -3.47. The van der Waals surface area contributed by atoms with Crippen molar-refractivity contribution in [2.45, 2.75) is 40.7 Å². The first kappa shape index (κ1) is 21.8. The summed E-state index contributed by atoms with van der Waals surface area (Å²) in [4.78, 5) is 4.94. The number of benzene rings is 2. The van der Waals surface area contributed by atoms with E-state index in [9.17, 15) is 0 Å². The maximum Gasteiger partial charge on any atom is 0.161 e. The van der Waals surface area contributed by atoms with Gasteiger partial charge in [-0.25, -0.2) is 4.98 Å². The van der Waals surface area contributed by atoms with Gasteiger partial charge in [-0.2, -0.15) is 0 Å². The number of fused-ring (bicyclic) bond motifs is 2. The fourth-order valence-electron chi connectivity index (χ4n) is 3.91. The molecule has 1 aliphatic rings. The molecule has 1 aliphatic heterocycles. The predicted molar refractivity (Wildman–Crippen MR) is 131 cm³/mol. The van der Waals surface area contributed by atoms with Gasteiger partial charge in [0.25, 0.3) is 0 Å². The molecule has 0 spiro atoms. The fourth-order valence-corrected chi connectivity index (χ4v) is 3.91. The zero-order valence-electron chi connectivity index (χ0n) is 19.3. The van der Waals surface area contributed by atoms with Crippen molar-refractivity contribution in [2.75, 3.05) is 18.5 Å². The molecule has 5 heteroatoms. The molecule has 166 valence electrons. The maximum absolute atomic E-state index is 5.73. The summed E-state index contributed by atoms with van der Waals surface area (Å²) >= 11 is 0. The molecular formula is C27H31N3O2. The highest BCUT2D eigenvalue weighted by molar-refractivity contribution is 5.80. The van der Waals surface area contributed by atoms with E-state index in [4.69, 9.17) is 14.5 Å². The van der Waals surface area contributed by atoms with Gasteiger partial charge in [-0.1, -0.05) is 50.6 Å². The molecule has 1 N–H and O–H groups in total. The molecule has 0 fully saturated rings. The molecule has 5 nitrogen and oxygen atoms in total. The Morgan fingerprint density at radius 1 is 0.906 bits per heavy atom. The van der Waals surface area contributed by atoms with Crippen molar-refractivity contribution in [2.24, 2.45) is 0 Å². The van der Waals surface area contributed by atoms with Crippen molar-refractivity contribution >= 4 is 11.5 Å². The van der Waals surface area contributed by atoms with Gasteiger partial charge in [0.1, 0.15) is 30.4 Å². The third-order valence-corrected chi connectivity index (χ3v) is 5.31. The fraction of sp³-hybridized carbons (Fsp3) is 0.296. The smallest absolute Gasteiger partial charge is 0.161 e. The van der Waals surface area contributed by atoms with E-state index >= 15 is 0 Å². The molecule has 3 heterocycles. The number of nitrogens with one attached hydrogen (secondary N) is 1. The van der Waals surface area contributed by atoms with Gasteiger partial charge in [0, 0.05) is 18.3 Å². The summed E-state index contributed by atoms with van der Waals surface area (Å²) in [6, 6.07) is 18.5. The third kappa shape index (κ3) is 4.42. The molecule has 0 amide bonds. The largest absolute Gasteiger partial charge is 0.486 e. The molecule has 5 rings (SSSR count). The van der Waals surface area contributed by atoms with E-state index in [0.717, 1.165) is 34.2 Å². The summed E-state index contributed by atoms with van der Waals surface area (Å²) in [6.45, 7) is 10.4. The van der Waals surface area contributed by atoms with Crippen molar-refractivity contribution in [3.63, 3.8) is 0 Å². The van der Waals surface area contributed by atoms with Crippen LogP contribution in [0.1, 0.15) is 37.0 Å². The van der Waals surface area contributed by atoms with Crippen LogP contribution in [0.25, 0.3) is 16.9 Å². The molecule has 0 atom stereocenters. The SMILES string of the molecule is CCC.Cc1cccc(C)c1-c1nc2ccccn2c1NCc1ccc2c(c1)OCCO2. The first-order valence-electron chi connectivity index (χ1n) is 11.3. The summed E-state index contributed by atoms with van der Waals surface area (Å²) in [5.41, 5.74) is 6.65. The molecule has 0 aliphatic carbocycles. The number of rotatable bonds is 4. The second-order valence-corrected chi connectivity index (χ2v) is 8.04. The minimum Gasteiger partial charge on any atom is -0.486 e. The number of nitrogens with zero attached hydrogens (tertiary/aromatic N) is 2. The standard InChI is InChI=1S/C24H23N3O2.C3H8/c1-16-6-5-7-17(2)22(16)23-24(27-11-4-3-8-21(27)26-23)25-15-18-9-10-19-20(14-18)29-13-12-28-19;1-3-2/h3-11,14,25H,12-13,15H2,1-2H3;3H2,1-2H3. The predicted octanol–water partition coefficient (Wildman–Crippen LogP) is 6.42. The number of imidazole rings is 1. The van der Waals surface area contributed by atoms with Crippen LogP contribution in [0.4, 0.5) is 5.82 Å². The minimum atomic E-state index is 0.591. The zero-order valence-corrected chi connectivity index (χ0v) is 19.3. The highest BCUT2D eigenvalue weighted by atomic mass is 16.6. The van der Waals surface area contributed by atoms with E-state index in [-0.39, 0.29) is 0 Å². The average Bonchev–Trinajstić information content (AvgIpc) is 3.16. The molecule has 2 aromatic carbocycles. The molecule has 0 radical (unpaired) electrons. The highest BCUT2D eigenvalue weighted by Crippen LogP contribution is 2.35. The van der Waals surface area contributed by atoms with Gasteiger partial charge >= 0.3 is 0 Å². The summed E-state index contributed by atoms with van der Waals surface area (Å²) in [7, 11) is 0. The second kappa shape index (κ2) is 9.77. The van der Waals surface area contributed by atoms with E-state index in [1.807, 2.05) is 36.5 Å². The van der Waals surface area contributed by atoms with Crippen LogP contribution in [0, 0.1) is 13.8 Å². The highest BCUT2D eigenvalue weighted by Gasteiger charge is 2.18. The van der Waals surface area contributed by atoms with Gasteiger partial charge in [0.05, 0.1) is 0 Å². The van der Waals surface area contributed by atoms with Gasteiger partial charge in [-0.15, -0.1) is 0 Å². The summed E-state index contributed by atoms with van der Waals surface area (Å²) in [6.07, 6.45) is 3.30. The number of hydrogen-bond acceptors (Lipinski definition) is 4. The van der Waals surface area contributed by atoms with E-state index in [1.165, 1.54) is 23.1 Å². The Bertz CT molecular complexity index is 1190. The van der Waals surface area contributed by atoms with Crippen LogP contribution in [0.3, 0.4) is 0 Å². The number of anilines is 1. The van der Waals surface area contributed by atoms with Crippen molar-refractivity contribution in [1.82, 2.24) is 9.38 Å². The minimum absolute atomic E-state index is 0.591. The van der Waals surface area contributed by atoms with E-state index < -0.39 is 0 Å². The molecule has 0 saturated carbocycles. The van der Waals surface area contributed by atoms with Gasteiger partial charge in [-0.3, -0.25) is 4.40 Å². The number of pyridine rings is 1. The van der Waals surface area contributed by atoms with Gasteiger partial charge < -0.3 is 14.8 Å². The van der Waals surface area contributed by atoms with Crippen LogP contribution in [0.15, 0.2) is 60.8 Å². The lowest BCUT2D eigenvalue weighted by Crippen LogP contribution is -2.15. The van der Waals surface area contributed by atoms with Crippen molar-refractivity contribution in [3.8, 4) is 22.8 Å². The van der Waals surface area contributed by atoms with Gasteiger partial charge in [0.15, 0.2) is 11.5 Å². The normalized spacial score (nSPS) is 12.2. The molecule has 0 saturated heterocycles. The third-order valence-electron chi connectivity index (χ3n) is 5.31. The molecule has 2 aromatic heterocycles. The Balaban J connectivity index is 0.000000775. The first-order valence-corrected chi connectivity index (χ1v) is 11.3. The monoisotopic (exact) mass is 429 g/mol. The second-order valence-electron chi connectivity index (χ2n) is 8.04. The van der Waals surface area contributed by atoms with Gasteiger partial charge in [0.2, 0.25) is 0 Å². The Morgan fingerprint density at radius 2 is 1.62 bits per heavy atom. The number of aryl methyl sites for hydroxylation is 2. The van der Waals surface area contributed by atoms with Crippen LogP contribution >= 0.6 is 0 Å². The lowest BCUT2D eigenvalue weighted by molar-refractivity contribution is 0.171. The topological polar surface area (TPSA) is 47.8 Å². The molecule has 32 heavy (non-hydrogen) atoms. The Morgan fingerprint density at radius 3 is 2.38 bits per heavy atom. The number of aromatic nitrogens is 2. The maximum atomic E-state index is 5.73. The summed E-state index contributed by atoms with van der Waals surface area (Å²) < 4.78 is 13.5. The Kier molecular flexibility index (Phi) is 6.64. The zero-order chi connectivity index (χ0) is 22.5. The molecule has 0 unspecified atom stereocenters. The summed E-state index contributed by atoms with van der Waals surface area (Å²) in [5.74, 6) is 2.61. The van der Waals surface area contributed by atoms with E-state index in [2.05, 4.69) is 61.7 Å². The molecular weight excluding hydrogens is 398 g/mol. The molecule has 0 bridgehead atoms. The molecule has 4 aromatic rings. The van der Waals surface area contributed by atoms with Crippen molar-refractivity contribution in [1.29, 1.82) is 0 Å². The van der Waals surface area contributed by atoms with Crippen molar-refractivity contribution < 1.29 is 9.47 Å². The Labute approximate surface area is 190 Å². The van der Waals surface area contributed by atoms with E-state index in [0.29, 0.717) is 19.8 Å². The number of ether oxygens (including phenoxy) is 2. The van der Waals surface area contributed by atoms with Crippen LogP contribution in [-0.2, 0) is 6.54 Å². The lowest BCUT2D eigenvalue weighted by Gasteiger charge is -2.19. The van der Waals surface area contributed by atoms with Crippen LogP contribution < -0.4 is 14.8 Å². The lowest BCUT2D eigenvalue weighted by atomic mass is 10.00. The first-order chi connectivity index (χ1) is 15.6. The average molecular weight is 430 g/mol. The van der Waals surface area contributed by atoms with Crippen LogP contribution in [0.2, 0.25) is 0 Å². The van der Waals surface area contributed by atoms with E-state index in [1.54, 1.807) is 0 Å². The quantitative estimate of drug-likeness (QED) is 0.407. The van der Waals surface area contributed by atoms with Crippen molar-refractivity contribution in [3.05, 3.63) is 77.5 Å². The van der Waals surface area contributed by atoms with Crippen LogP contribution in [0.5, 0.6) is 11.5 Å². The summed E-state index contributed by atoms with van der Waals surface area (Å²) in [5, 5.41) is 3.62. The number of hydrogen-bond donors (Lipinski definition) is 1. The van der Waals surface area contributed by atoms with Crippen LogP contribution in [-0.4, -0.2) is 22.6 Å². The van der Waals surface area contributed by atoms with Gasteiger partial charge in [-0.05, 0) is 54.8 Å².